The molecule has 1 N–H and O–H groups in total. The molecule has 1 aliphatic heterocycles. The Morgan fingerprint density at radius 3 is 2.38 bits per heavy atom. The predicted octanol–water partition coefficient (Wildman–Crippen LogP) is 5.93. The van der Waals surface area contributed by atoms with Gasteiger partial charge < -0.3 is 14.2 Å². The molecule has 196 valence electrons. The van der Waals surface area contributed by atoms with Gasteiger partial charge in [0.25, 0.3) is 5.91 Å². The maximum atomic E-state index is 13.5. The fraction of sp³-hybridized carbons (Fsp3) is 0.440. The Morgan fingerprint density at radius 2 is 1.78 bits per heavy atom. The molecule has 3 aromatic rings. The molecule has 2 aromatic heterocycles. The fourth-order valence-corrected chi connectivity index (χ4v) is 6.57. The third kappa shape index (κ3) is 4.47. The Balaban J connectivity index is 1.60. The molecule has 1 amide bonds. The zero-order valence-corrected chi connectivity index (χ0v) is 21.4. The Bertz CT molecular complexity index is 1330. The molecule has 37 heavy (non-hydrogen) atoms. The summed E-state index contributed by atoms with van der Waals surface area (Å²) >= 11 is 1.26. The van der Waals surface area contributed by atoms with Crippen LogP contribution in [0.5, 0.6) is 17.5 Å². The van der Waals surface area contributed by atoms with Crippen LogP contribution in [0.3, 0.4) is 0 Å². The molecule has 0 radical (unpaired) electrons. The average Bonchev–Trinajstić information content (AvgIpc) is 3.26. The summed E-state index contributed by atoms with van der Waals surface area (Å²) in [4.78, 5) is 26.6. The lowest BCUT2D eigenvalue weighted by Crippen LogP contribution is -2.42. The summed E-state index contributed by atoms with van der Waals surface area (Å²) in [6.45, 7) is 4.22. The Labute approximate surface area is 215 Å². The molecular formula is C25H25F3N4O4S. The quantitative estimate of drug-likeness (QED) is 0.443. The molecule has 3 heterocycles. The lowest BCUT2D eigenvalue weighted by atomic mass is 9.71. The van der Waals surface area contributed by atoms with Crippen LogP contribution in [0.2, 0.25) is 0 Å². The molecule has 1 saturated carbocycles. The average molecular weight is 535 g/mol. The number of carbonyl (C=O) groups excluding carboxylic acids is 1. The van der Waals surface area contributed by atoms with E-state index in [1.165, 1.54) is 38.0 Å². The van der Waals surface area contributed by atoms with E-state index >= 15 is 0 Å². The first-order chi connectivity index (χ1) is 17.5. The number of anilines is 1. The van der Waals surface area contributed by atoms with Crippen molar-refractivity contribution in [1.29, 1.82) is 0 Å². The van der Waals surface area contributed by atoms with E-state index in [0.29, 0.717) is 35.9 Å². The van der Waals surface area contributed by atoms with E-state index in [-0.39, 0.29) is 28.2 Å². The Morgan fingerprint density at radius 1 is 1.14 bits per heavy atom. The number of rotatable bonds is 4. The highest BCUT2D eigenvalue weighted by molar-refractivity contribution is 7.16. The molecule has 2 aliphatic rings. The van der Waals surface area contributed by atoms with Crippen molar-refractivity contribution in [3.05, 3.63) is 40.5 Å². The van der Waals surface area contributed by atoms with Gasteiger partial charge in [-0.15, -0.1) is 0 Å². The van der Waals surface area contributed by atoms with Gasteiger partial charge in [-0.25, -0.2) is 15.0 Å². The standard InChI is InChI=1S/C25H25F3N4O4S/c1-12-7-13(2)10-24(9-12)19-18(15-6-5-14(25(26,27)28)8-16(15)36-24)31-23(37-19)32-20(33)17-21(34-3)29-11-30-22(17)35-4/h5-6,8,11-13H,7,9-10H2,1-4H3,(H,31,32,33). The summed E-state index contributed by atoms with van der Waals surface area (Å²) in [5.74, 6) is 0.203. The largest absolute Gasteiger partial charge is 0.481 e. The SMILES string of the molecule is COc1ncnc(OC)c1C(=O)Nc1nc2c(s1)C1(CC(C)CC(C)C1)Oc1cc(C(F)(F)F)ccc1-2. The van der Waals surface area contributed by atoms with Crippen molar-refractivity contribution in [3.8, 4) is 28.8 Å². The van der Waals surface area contributed by atoms with E-state index in [4.69, 9.17) is 14.2 Å². The predicted molar refractivity (Wildman–Crippen MR) is 130 cm³/mol. The molecule has 12 heteroatoms. The summed E-state index contributed by atoms with van der Waals surface area (Å²) in [5, 5.41) is 3.04. The van der Waals surface area contributed by atoms with Crippen LogP contribution in [0.4, 0.5) is 18.3 Å². The topological polar surface area (TPSA) is 95.5 Å². The van der Waals surface area contributed by atoms with Crippen molar-refractivity contribution < 1.29 is 32.2 Å². The second-order valence-electron chi connectivity index (χ2n) is 9.58. The molecule has 8 nitrogen and oxygen atoms in total. The number of carbonyl (C=O) groups is 1. The van der Waals surface area contributed by atoms with Crippen LogP contribution in [0.1, 0.15) is 53.9 Å². The molecule has 0 saturated heterocycles. The fourth-order valence-electron chi connectivity index (χ4n) is 5.45. The summed E-state index contributed by atoms with van der Waals surface area (Å²) < 4.78 is 57.3. The van der Waals surface area contributed by atoms with Crippen LogP contribution < -0.4 is 19.5 Å². The van der Waals surface area contributed by atoms with Crippen LogP contribution in [0, 0.1) is 11.8 Å². The summed E-state index contributed by atoms with van der Waals surface area (Å²) in [6, 6.07) is 3.44. The van der Waals surface area contributed by atoms with Crippen molar-refractivity contribution in [1.82, 2.24) is 15.0 Å². The van der Waals surface area contributed by atoms with Crippen LogP contribution in [-0.2, 0) is 11.8 Å². The van der Waals surface area contributed by atoms with Gasteiger partial charge in [0.1, 0.15) is 17.7 Å². The first-order valence-electron chi connectivity index (χ1n) is 11.7. The van der Waals surface area contributed by atoms with Gasteiger partial charge in [0, 0.05) is 5.56 Å². The Kier molecular flexibility index (Phi) is 6.25. The number of nitrogens with one attached hydrogen (secondary N) is 1. The van der Waals surface area contributed by atoms with Gasteiger partial charge in [0.05, 0.1) is 30.4 Å². The van der Waals surface area contributed by atoms with Gasteiger partial charge in [-0.3, -0.25) is 10.1 Å². The zero-order chi connectivity index (χ0) is 26.5. The van der Waals surface area contributed by atoms with Crippen LogP contribution >= 0.6 is 11.3 Å². The van der Waals surface area contributed by atoms with Gasteiger partial charge in [0.15, 0.2) is 10.7 Å². The maximum Gasteiger partial charge on any atom is 0.416 e. The number of halogens is 3. The molecule has 2 atom stereocenters. The molecule has 5 rings (SSSR count). The number of methoxy groups -OCH3 is 2. The number of hydrogen-bond acceptors (Lipinski definition) is 8. The molecule has 1 aliphatic carbocycles. The second-order valence-corrected chi connectivity index (χ2v) is 10.6. The number of hydrogen-bond donors (Lipinski definition) is 1. The number of benzene rings is 1. The van der Waals surface area contributed by atoms with Gasteiger partial charge in [-0.2, -0.15) is 13.2 Å². The first-order valence-corrected chi connectivity index (χ1v) is 12.5. The Hall–Kier alpha value is -3.41. The van der Waals surface area contributed by atoms with Crippen LogP contribution in [0.15, 0.2) is 24.5 Å². The molecular weight excluding hydrogens is 509 g/mol. The normalized spacial score (nSPS) is 22.6. The summed E-state index contributed by atoms with van der Waals surface area (Å²) in [7, 11) is 2.75. The highest BCUT2D eigenvalue weighted by Crippen LogP contribution is 2.56. The van der Waals surface area contributed by atoms with Gasteiger partial charge in [0.2, 0.25) is 11.8 Å². The highest BCUT2D eigenvalue weighted by Gasteiger charge is 2.48. The van der Waals surface area contributed by atoms with Crippen molar-refractivity contribution >= 4 is 22.4 Å². The van der Waals surface area contributed by atoms with E-state index in [9.17, 15) is 18.0 Å². The van der Waals surface area contributed by atoms with Crippen molar-refractivity contribution in [3.63, 3.8) is 0 Å². The number of thiazole rings is 1. The van der Waals surface area contributed by atoms with Gasteiger partial charge in [-0.1, -0.05) is 25.2 Å². The number of alkyl halides is 3. The van der Waals surface area contributed by atoms with Crippen LogP contribution in [-0.4, -0.2) is 35.1 Å². The number of amides is 1. The zero-order valence-electron chi connectivity index (χ0n) is 20.6. The van der Waals surface area contributed by atoms with Crippen molar-refractivity contribution in [2.75, 3.05) is 19.5 Å². The van der Waals surface area contributed by atoms with Gasteiger partial charge >= 0.3 is 6.18 Å². The summed E-state index contributed by atoms with van der Waals surface area (Å²) in [5.41, 5.74) is -0.653. The van der Waals surface area contributed by atoms with E-state index in [1.807, 2.05) is 0 Å². The lowest BCUT2D eigenvalue weighted by Gasteiger charge is -2.45. The highest BCUT2D eigenvalue weighted by atomic mass is 32.1. The van der Waals surface area contributed by atoms with E-state index < -0.39 is 23.2 Å². The van der Waals surface area contributed by atoms with E-state index in [1.54, 1.807) is 0 Å². The molecule has 0 bridgehead atoms. The molecule has 1 fully saturated rings. The smallest absolute Gasteiger partial charge is 0.416 e. The number of ether oxygens (including phenoxy) is 3. The minimum Gasteiger partial charge on any atom is -0.481 e. The third-order valence-electron chi connectivity index (χ3n) is 6.68. The number of nitrogens with zero attached hydrogens (tertiary/aromatic N) is 3. The number of aromatic nitrogens is 3. The van der Waals surface area contributed by atoms with E-state index in [0.717, 1.165) is 23.4 Å². The molecule has 1 aromatic carbocycles. The minimum absolute atomic E-state index is 0.00163. The van der Waals surface area contributed by atoms with E-state index in [2.05, 4.69) is 34.1 Å². The summed E-state index contributed by atoms with van der Waals surface area (Å²) in [6.07, 6.45) is -1.04. The van der Waals surface area contributed by atoms with Crippen molar-refractivity contribution in [2.45, 2.75) is 44.9 Å². The monoisotopic (exact) mass is 534 g/mol. The first kappa shape index (κ1) is 25.2. The molecule has 1 spiro atoms. The lowest BCUT2D eigenvalue weighted by molar-refractivity contribution is -0.137. The van der Waals surface area contributed by atoms with Gasteiger partial charge in [-0.05, 0) is 49.3 Å². The second kappa shape index (κ2) is 9.16. The third-order valence-corrected chi connectivity index (χ3v) is 7.84. The maximum absolute atomic E-state index is 13.5. The minimum atomic E-state index is -4.50. The van der Waals surface area contributed by atoms with Crippen molar-refractivity contribution in [2.24, 2.45) is 11.8 Å². The number of fused-ring (bicyclic) bond motifs is 4. The van der Waals surface area contributed by atoms with Crippen LogP contribution in [0.25, 0.3) is 11.3 Å². The molecule has 2 unspecified atom stereocenters.